The third kappa shape index (κ3) is 1.07. The molecule has 0 amide bonds. The van der Waals surface area contributed by atoms with E-state index in [2.05, 4.69) is 30.1 Å². The number of benzene rings is 1. The summed E-state index contributed by atoms with van der Waals surface area (Å²) in [6, 6.07) is 6.75. The first-order valence-electron chi connectivity index (χ1n) is 5.32. The van der Waals surface area contributed by atoms with E-state index < -0.39 is 0 Å². The van der Waals surface area contributed by atoms with E-state index in [4.69, 9.17) is 5.73 Å². The van der Waals surface area contributed by atoms with Gasteiger partial charge in [0.05, 0.1) is 0 Å². The maximum Gasteiger partial charge on any atom is 0.0412 e. The van der Waals surface area contributed by atoms with Crippen LogP contribution in [0.15, 0.2) is 18.2 Å². The van der Waals surface area contributed by atoms with Gasteiger partial charge in [0, 0.05) is 24.8 Å². The van der Waals surface area contributed by atoms with E-state index in [1.54, 1.807) is 0 Å². The lowest BCUT2D eigenvalue weighted by molar-refractivity contribution is 0.740. The smallest absolute Gasteiger partial charge is 0.0412 e. The summed E-state index contributed by atoms with van der Waals surface area (Å²) >= 11 is 0. The van der Waals surface area contributed by atoms with E-state index in [1.165, 1.54) is 23.2 Å². The van der Waals surface area contributed by atoms with Crippen molar-refractivity contribution in [3.05, 3.63) is 29.3 Å². The third-order valence-corrected chi connectivity index (χ3v) is 3.58. The molecule has 0 saturated heterocycles. The Balaban J connectivity index is 2.06. The Kier molecular flexibility index (Phi) is 1.49. The summed E-state index contributed by atoms with van der Waals surface area (Å²) in [5, 5.41) is 0. The number of fused-ring (bicyclic) bond motifs is 1. The lowest BCUT2D eigenvalue weighted by atomic mass is 10.0. The summed E-state index contributed by atoms with van der Waals surface area (Å²) < 4.78 is 0. The Hall–Kier alpha value is -1.02. The number of nitrogens with two attached hydrogens (primary N) is 1. The lowest BCUT2D eigenvalue weighted by Crippen LogP contribution is -2.19. The van der Waals surface area contributed by atoms with Gasteiger partial charge < -0.3 is 10.6 Å². The van der Waals surface area contributed by atoms with Crippen molar-refractivity contribution < 1.29 is 0 Å². The molecule has 1 fully saturated rings. The number of hydrogen-bond donors (Lipinski definition) is 1. The molecule has 3 rings (SSSR count). The van der Waals surface area contributed by atoms with Gasteiger partial charge in [0.15, 0.2) is 0 Å². The van der Waals surface area contributed by atoms with Crippen LogP contribution in [-0.2, 0) is 12.0 Å². The average Bonchev–Trinajstić information content (AvgIpc) is 2.84. The Morgan fingerprint density at radius 1 is 1.36 bits per heavy atom. The summed E-state index contributed by atoms with van der Waals surface area (Å²) in [7, 11) is 2.16. The first-order chi connectivity index (χ1) is 6.69. The lowest BCUT2D eigenvalue weighted by Gasteiger charge is -2.15. The fourth-order valence-corrected chi connectivity index (χ4v) is 2.27. The predicted octanol–water partition coefficient (Wildman–Crippen LogP) is 1.63. The molecule has 0 bridgehead atoms. The molecule has 0 aromatic heterocycles. The normalized spacial score (nSPS) is 22.3. The van der Waals surface area contributed by atoms with Gasteiger partial charge in [0.1, 0.15) is 0 Å². The van der Waals surface area contributed by atoms with Gasteiger partial charge in [-0.25, -0.2) is 0 Å². The Morgan fingerprint density at radius 2 is 2.14 bits per heavy atom. The SMILES string of the molecule is CN1CCc2ccc(C3(N)CC3)cc21. The molecule has 1 aromatic carbocycles. The molecule has 0 atom stereocenters. The summed E-state index contributed by atoms with van der Waals surface area (Å²) in [6.07, 6.45) is 3.48. The summed E-state index contributed by atoms with van der Waals surface area (Å²) in [6.45, 7) is 1.15. The molecule has 1 aliphatic heterocycles. The van der Waals surface area contributed by atoms with Crippen molar-refractivity contribution in [3.8, 4) is 0 Å². The summed E-state index contributed by atoms with van der Waals surface area (Å²) in [5.74, 6) is 0. The highest BCUT2D eigenvalue weighted by Gasteiger charge is 2.40. The molecule has 1 aliphatic carbocycles. The molecule has 14 heavy (non-hydrogen) atoms. The van der Waals surface area contributed by atoms with Crippen molar-refractivity contribution in [1.82, 2.24) is 0 Å². The number of nitrogens with zero attached hydrogens (tertiary/aromatic N) is 1. The second-order valence-corrected chi connectivity index (χ2v) is 4.67. The van der Waals surface area contributed by atoms with Crippen molar-refractivity contribution in [3.63, 3.8) is 0 Å². The van der Waals surface area contributed by atoms with Crippen LogP contribution in [0.25, 0.3) is 0 Å². The minimum atomic E-state index is 0.0124. The van der Waals surface area contributed by atoms with E-state index in [9.17, 15) is 0 Å². The van der Waals surface area contributed by atoms with Crippen LogP contribution in [0, 0.1) is 0 Å². The minimum absolute atomic E-state index is 0.0124. The number of anilines is 1. The molecule has 1 aromatic rings. The van der Waals surface area contributed by atoms with Crippen LogP contribution in [0.2, 0.25) is 0 Å². The standard InChI is InChI=1S/C12H16N2/c1-14-7-4-9-2-3-10(8-11(9)14)12(13)5-6-12/h2-3,8H,4-7,13H2,1H3. The second-order valence-electron chi connectivity index (χ2n) is 4.67. The van der Waals surface area contributed by atoms with E-state index in [1.807, 2.05) is 0 Å². The number of hydrogen-bond acceptors (Lipinski definition) is 2. The van der Waals surface area contributed by atoms with Gasteiger partial charge in [-0.05, 0) is 36.5 Å². The van der Waals surface area contributed by atoms with Crippen LogP contribution < -0.4 is 10.6 Å². The van der Waals surface area contributed by atoms with Crippen molar-refractivity contribution in [2.45, 2.75) is 24.8 Å². The van der Waals surface area contributed by atoms with Crippen molar-refractivity contribution in [1.29, 1.82) is 0 Å². The molecule has 2 N–H and O–H groups in total. The Bertz CT molecular complexity index is 380. The third-order valence-electron chi connectivity index (χ3n) is 3.58. The van der Waals surface area contributed by atoms with E-state index in [0.29, 0.717) is 0 Å². The van der Waals surface area contributed by atoms with Crippen molar-refractivity contribution in [2.75, 3.05) is 18.5 Å². The fourth-order valence-electron chi connectivity index (χ4n) is 2.27. The average molecular weight is 188 g/mol. The van der Waals surface area contributed by atoms with Gasteiger partial charge in [0.2, 0.25) is 0 Å². The zero-order valence-electron chi connectivity index (χ0n) is 8.59. The van der Waals surface area contributed by atoms with Gasteiger partial charge in [0.25, 0.3) is 0 Å². The molecule has 0 radical (unpaired) electrons. The van der Waals surface area contributed by atoms with Crippen molar-refractivity contribution >= 4 is 5.69 Å². The van der Waals surface area contributed by atoms with Gasteiger partial charge in [-0.2, -0.15) is 0 Å². The quantitative estimate of drug-likeness (QED) is 0.725. The topological polar surface area (TPSA) is 29.3 Å². The first kappa shape index (κ1) is 8.30. The van der Waals surface area contributed by atoms with Crippen LogP contribution in [0.3, 0.4) is 0 Å². The van der Waals surface area contributed by atoms with Gasteiger partial charge in [-0.3, -0.25) is 0 Å². The molecule has 1 heterocycles. The highest BCUT2D eigenvalue weighted by molar-refractivity contribution is 5.60. The van der Waals surface area contributed by atoms with Gasteiger partial charge in [-0.15, -0.1) is 0 Å². The maximum absolute atomic E-state index is 6.19. The van der Waals surface area contributed by atoms with E-state index >= 15 is 0 Å². The molecular formula is C12H16N2. The molecule has 74 valence electrons. The van der Waals surface area contributed by atoms with Gasteiger partial charge in [-0.1, -0.05) is 12.1 Å². The van der Waals surface area contributed by atoms with Crippen LogP contribution in [0.4, 0.5) is 5.69 Å². The predicted molar refractivity (Wildman–Crippen MR) is 58.5 cm³/mol. The first-order valence-corrected chi connectivity index (χ1v) is 5.32. The molecule has 2 nitrogen and oxygen atoms in total. The van der Waals surface area contributed by atoms with E-state index in [-0.39, 0.29) is 5.54 Å². The molecule has 1 saturated carbocycles. The maximum atomic E-state index is 6.19. The number of likely N-dealkylation sites (N-methyl/N-ethyl adjacent to an activating group) is 1. The van der Waals surface area contributed by atoms with Crippen LogP contribution in [-0.4, -0.2) is 13.6 Å². The van der Waals surface area contributed by atoms with Crippen LogP contribution >= 0.6 is 0 Å². The van der Waals surface area contributed by atoms with Crippen LogP contribution in [0.1, 0.15) is 24.0 Å². The highest BCUT2D eigenvalue weighted by atomic mass is 15.1. The Morgan fingerprint density at radius 3 is 2.86 bits per heavy atom. The van der Waals surface area contributed by atoms with Gasteiger partial charge >= 0.3 is 0 Å². The number of rotatable bonds is 1. The molecular weight excluding hydrogens is 172 g/mol. The molecule has 2 heteroatoms. The molecule has 0 unspecified atom stereocenters. The second kappa shape index (κ2) is 2.51. The zero-order chi connectivity index (χ0) is 9.76. The minimum Gasteiger partial charge on any atom is -0.374 e. The molecule has 2 aliphatic rings. The summed E-state index contributed by atoms with van der Waals surface area (Å²) in [4.78, 5) is 2.32. The van der Waals surface area contributed by atoms with Crippen molar-refractivity contribution in [2.24, 2.45) is 5.73 Å². The largest absolute Gasteiger partial charge is 0.374 e. The monoisotopic (exact) mass is 188 g/mol. The Labute approximate surface area is 84.7 Å². The zero-order valence-corrected chi connectivity index (χ0v) is 8.59. The summed E-state index contributed by atoms with van der Waals surface area (Å²) in [5.41, 5.74) is 10.4. The highest BCUT2D eigenvalue weighted by Crippen LogP contribution is 2.44. The fraction of sp³-hybridized carbons (Fsp3) is 0.500. The molecule has 0 spiro atoms. The van der Waals surface area contributed by atoms with E-state index in [0.717, 1.165) is 19.4 Å². The van der Waals surface area contributed by atoms with Crippen LogP contribution in [0.5, 0.6) is 0 Å².